The summed E-state index contributed by atoms with van der Waals surface area (Å²) in [6, 6.07) is 6.77. The van der Waals surface area contributed by atoms with Gasteiger partial charge < -0.3 is 35.4 Å². The molecule has 0 spiro atoms. The number of aliphatic hydroxyl groups excluding tert-OH is 3. The highest BCUT2D eigenvalue weighted by Crippen LogP contribution is 2.31. The second-order valence-corrected chi connectivity index (χ2v) is 8.11. The molecule has 1 aliphatic heterocycles. The minimum Gasteiger partial charge on any atom is -0.465 e. The highest BCUT2D eigenvalue weighted by Gasteiger charge is 2.44. The van der Waals surface area contributed by atoms with Crippen molar-refractivity contribution in [2.75, 3.05) is 19.5 Å². The zero-order valence-electron chi connectivity index (χ0n) is 18.5. The molecule has 17 heteroatoms. The van der Waals surface area contributed by atoms with Crippen LogP contribution < -0.4 is 33.9 Å². The van der Waals surface area contributed by atoms with E-state index in [0.29, 0.717) is 22.3 Å². The van der Waals surface area contributed by atoms with Crippen LogP contribution in [0.3, 0.4) is 0 Å². The van der Waals surface area contributed by atoms with Crippen LogP contribution in [0, 0.1) is 10.2 Å². The van der Waals surface area contributed by atoms with Crippen LogP contribution in [0.25, 0.3) is 11.2 Å². The Hall–Kier alpha value is -3.19. The molecule has 36 heavy (non-hydrogen) atoms. The van der Waals surface area contributed by atoms with Gasteiger partial charge >= 0.3 is 5.97 Å². The molecule has 3 heterocycles. The van der Waals surface area contributed by atoms with Crippen LogP contribution in [0.2, 0.25) is 0 Å². The van der Waals surface area contributed by atoms with Crippen LogP contribution in [0.5, 0.6) is 0 Å². The minimum absolute atomic E-state index is 0.0996. The fraction of sp³-hybridized carbons (Fsp3) is 0.368. The average molecular weight is 532 g/mol. The van der Waals surface area contributed by atoms with Crippen molar-refractivity contribution in [3.8, 4) is 0 Å². The number of anilines is 1. The number of hydrogen-bond acceptors (Lipinski definition) is 14. The van der Waals surface area contributed by atoms with E-state index in [1.165, 1.54) is 29.1 Å². The zero-order chi connectivity index (χ0) is 26.6. The third-order valence-electron chi connectivity index (χ3n) is 5.04. The van der Waals surface area contributed by atoms with E-state index in [9.17, 15) is 20.1 Å². The highest BCUT2D eigenvalue weighted by molar-refractivity contribution is 5.89. The third-order valence-corrected chi connectivity index (χ3v) is 5.04. The number of esters is 1. The van der Waals surface area contributed by atoms with Gasteiger partial charge in [-0.2, -0.15) is 0 Å². The zero-order valence-corrected chi connectivity index (χ0v) is 19.3. The second kappa shape index (κ2) is 11.2. The molecule has 2 aromatic heterocycles. The van der Waals surface area contributed by atoms with Gasteiger partial charge in [0.2, 0.25) is 11.2 Å². The van der Waals surface area contributed by atoms with E-state index in [4.69, 9.17) is 38.7 Å². The number of fused-ring (bicyclic) bond motifs is 1. The van der Waals surface area contributed by atoms with Gasteiger partial charge in [-0.1, -0.05) is 21.8 Å². The van der Waals surface area contributed by atoms with Crippen molar-refractivity contribution in [1.82, 2.24) is 14.5 Å². The first-order valence-corrected chi connectivity index (χ1v) is 11.3. The van der Waals surface area contributed by atoms with Crippen molar-refractivity contribution >= 4 is 23.0 Å². The molecular weight excluding hydrogens is 510 g/mol. The Bertz CT molecular complexity index is 1200. The number of aliphatic hydroxyl groups is 3. The second-order valence-electron chi connectivity index (χ2n) is 7.35. The van der Waals surface area contributed by atoms with Gasteiger partial charge in [0.25, 0.3) is 12.1 Å². The lowest BCUT2D eigenvalue weighted by atomic mass is 10.1. The number of methoxy groups -OCH3 is 1. The smallest absolute Gasteiger partial charge is 0.337 e. The van der Waals surface area contributed by atoms with Gasteiger partial charge in [-0.3, -0.25) is 4.57 Å². The fourth-order valence-corrected chi connectivity index (χ4v) is 3.39. The maximum Gasteiger partial charge on any atom is 0.337 e. The Labute approximate surface area is 204 Å². The minimum atomic E-state index is -4.94. The van der Waals surface area contributed by atoms with Crippen molar-refractivity contribution in [1.29, 1.82) is 0 Å². The normalized spacial score (nSPS) is 21.7. The number of imidazole rings is 1. The van der Waals surface area contributed by atoms with Gasteiger partial charge in [-0.15, -0.1) is 10.2 Å². The first-order valence-electron chi connectivity index (χ1n) is 10.0. The Morgan fingerprint density at radius 2 is 1.94 bits per heavy atom. The number of nitrogens with two attached hydrogens (primary N) is 1. The van der Waals surface area contributed by atoms with Gasteiger partial charge in [-0.25, -0.2) is 28.4 Å². The molecule has 0 radical (unpaired) electrons. The molecule has 4 atom stereocenters. The van der Waals surface area contributed by atoms with Crippen LogP contribution >= 0.6 is 0 Å². The summed E-state index contributed by atoms with van der Waals surface area (Å²) in [6.07, 6.45) is -1.72. The maximum atomic E-state index is 11.7. The summed E-state index contributed by atoms with van der Waals surface area (Å²) in [4.78, 5) is 25.8. The summed E-state index contributed by atoms with van der Waals surface area (Å²) in [5, 5.41) is 29.5. The van der Waals surface area contributed by atoms with Crippen LogP contribution in [0.15, 0.2) is 36.9 Å². The summed E-state index contributed by atoms with van der Waals surface area (Å²) in [7, 11) is -3.64. The van der Waals surface area contributed by atoms with E-state index in [2.05, 4.69) is 9.97 Å². The molecule has 5 N–H and O–H groups in total. The maximum absolute atomic E-state index is 11.7. The predicted octanol–water partition coefficient (Wildman–Crippen LogP) is -6.43. The van der Waals surface area contributed by atoms with Gasteiger partial charge in [0.05, 0.1) is 19.3 Å². The third kappa shape index (κ3) is 6.32. The monoisotopic (exact) mass is 531 g/mol. The van der Waals surface area contributed by atoms with Crippen LogP contribution in [0.4, 0.5) is 5.82 Å². The van der Waals surface area contributed by atoms with Crippen molar-refractivity contribution < 1.29 is 68.0 Å². The Kier molecular flexibility index (Phi) is 8.56. The molecule has 196 valence electrons. The molecule has 0 unspecified atom stereocenters. The number of aromatic nitrogens is 4. The first-order chi connectivity index (χ1) is 16.9. The lowest BCUT2D eigenvalue weighted by Gasteiger charge is -2.17. The summed E-state index contributed by atoms with van der Waals surface area (Å²) < 4.78 is 46.9. The van der Waals surface area contributed by atoms with E-state index in [1.54, 1.807) is 24.3 Å². The van der Waals surface area contributed by atoms with Crippen LogP contribution in [-0.4, -0.2) is 67.9 Å². The number of benzene rings is 1. The average Bonchev–Trinajstić information content (AvgIpc) is 3.38. The molecule has 0 amide bonds. The van der Waals surface area contributed by atoms with Crippen LogP contribution in [-0.2, 0) is 16.1 Å². The molecule has 1 fully saturated rings. The standard InChI is InChI=1S/C19H21N5O7.ClHO4/c1-29-19(28)11-4-2-3-10(5-11)7-30-24-9-22-17-13(16(24)20)21-8-23(17)18-15(27)14(26)12(6-25)31-18;2-1(3,4)5/h2-5,8-9,12,14-15,18,20,25-27H,6-7H2,1H3;(H,2,3,4,5)/t12-,14-,15-,18-;/m1./s1. The van der Waals surface area contributed by atoms with Gasteiger partial charge in [0.15, 0.2) is 12.8 Å². The molecule has 1 aliphatic rings. The van der Waals surface area contributed by atoms with E-state index in [0.717, 1.165) is 0 Å². The van der Waals surface area contributed by atoms with Crippen molar-refractivity contribution in [3.05, 3.63) is 48.0 Å². The Morgan fingerprint density at radius 1 is 1.25 bits per heavy atom. The summed E-state index contributed by atoms with van der Waals surface area (Å²) in [5.74, 6) is -0.299. The van der Waals surface area contributed by atoms with E-state index < -0.39 is 47.4 Å². The molecule has 3 aromatic rings. The number of ether oxygens (including phenoxy) is 2. The number of nitrogen functional groups attached to an aromatic ring is 1. The molecule has 0 saturated carbocycles. The lowest BCUT2D eigenvalue weighted by Crippen LogP contribution is -2.68. The van der Waals surface area contributed by atoms with Crippen molar-refractivity contribution in [2.45, 2.75) is 31.1 Å². The van der Waals surface area contributed by atoms with E-state index in [-0.39, 0.29) is 12.4 Å². The van der Waals surface area contributed by atoms with Gasteiger partial charge in [-0.05, 0) is 17.7 Å². The lowest BCUT2D eigenvalue weighted by molar-refractivity contribution is -2.00. The largest absolute Gasteiger partial charge is 0.465 e. The molecule has 1 saturated heterocycles. The number of carbonyl (C=O) groups excluding carboxylic acids is 1. The summed E-state index contributed by atoms with van der Waals surface area (Å²) >= 11 is 0. The molecule has 16 nitrogen and oxygen atoms in total. The topological polar surface area (TPSA) is 258 Å². The number of hydrogen-bond donors (Lipinski definition) is 4. The molecule has 0 aliphatic carbocycles. The molecule has 1 aromatic carbocycles. The summed E-state index contributed by atoms with van der Waals surface area (Å²) in [5.41, 5.74) is 7.88. The molecule has 4 rings (SSSR count). The molecular formula is C19H22ClN5O11. The van der Waals surface area contributed by atoms with Crippen molar-refractivity contribution in [3.63, 3.8) is 0 Å². The molecule has 0 bridgehead atoms. The SMILES string of the molecule is COC(=O)c1cccc(CO[n+]2cnc3c(ncn3[C@@H]3O[C@H](CO)[C@@H](O)[C@H]3O)c2N)c1.[O-][Cl+3]([O-])([O-])[O-]. The van der Waals surface area contributed by atoms with Crippen molar-refractivity contribution in [2.24, 2.45) is 0 Å². The Morgan fingerprint density at radius 3 is 2.56 bits per heavy atom. The van der Waals surface area contributed by atoms with Crippen LogP contribution in [0.1, 0.15) is 22.1 Å². The Balaban J connectivity index is 0.000000658. The first kappa shape index (κ1) is 27.4. The quantitative estimate of drug-likeness (QED) is 0.170. The number of halogens is 1. The van der Waals surface area contributed by atoms with E-state index >= 15 is 0 Å². The number of carbonyl (C=O) groups is 1. The number of rotatable bonds is 6. The van der Waals surface area contributed by atoms with Gasteiger partial charge in [0, 0.05) is 0 Å². The fourth-order valence-electron chi connectivity index (χ4n) is 3.39. The van der Waals surface area contributed by atoms with E-state index in [1.807, 2.05) is 0 Å². The summed E-state index contributed by atoms with van der Waals surface area (Å²) in [6.45, 7) is -0.343. The number of nitrogens with zero attached hydrogens (tertiary/aromatic N) is 4. The van der Waals surface area contributed by atoms with Gasteiger partial charge in [0.1, 0.15) is 24.6 Å². The highest BCUT2D eigenvalue weighted by atomic mass is 35.7. The predicted molar refractivity (Wildman–Crippen MR) is 103 cm³/mol.